The van der Waals surface area contributed by atoms with E-state index in [1.54, 1.807) is 38.1 Å². The minimum absolute atomic E-state index is 0.176. The van der Waals surface area contributed by atoms with Crippen molar-refractivity contribution in [1.29, 1.82) is 0 Å². The molecule has 0 amide bonds. The molecule has 0 N–H and O–H groups in total. The van der Waals surface area contributed by atoms with Gasteiger partial charge in [-0.05, 0) is 49.6 Å². The number of carbonyl (C=O) groups excluding carboxylic acids is 2. The Morgan fingerprint density at radius 1 is 1.05 bits per heavy atom. The monoisotopic (exact) mass is 608 g/mol. The Bertz CT molecular complexity index is 1790. The summed E-state index contributed by atoms with van der Waals surface area (Å²) in [5, 5.41) is 2.33. The van der Waals surface area contributed by atoms with Gasteiger partial charge in [0.05, 0.1) is 29.0 Å². The molecule has 0 fully saturated rings. The molecule has 210 valence electrons. The highest BCUT2D eigenvalue weighted by Crippen LogP contribution is 2.36. The van der Waals surface area contributed by atoms with Crippen molar-refractivity contribution in [3.8, 4) is 5.75 Å². The Morgan fingerprint density at radius 2 is 1.83 bits per heavy atom. The van der Waals surface area contributed by atoms with Crippen LogP contribution < -0.4 is 19.6 Å². The second-order valence-electron chi connectivity index (χ2n) is 8.72. The van der Waals surface area contributed by atoms with Gasteiger partial charge in [-0.3, -0.25) is 9.36 Å². The summed E-state index contributed by atoms with van der Waals surface area (Å²) >= 11 is 8.90. The molecule has 41 heavy (non-hydrogen) atoms. The fourth-order valence-corrected chi connectivity index (χ4v) is 6.40. The van der Waals surface area contributed by atoms with Crippen molar-refractivity contribution < 1.29 is 23.8 Å². The Labute approximate surface area is 248 Å². The maximum atomic E-state index is 14.0. The van der Waals surface area contributed by atoms with Crippen LogP contribution in [0.1, 0.15) is 35.9 Å². The van der Waals surface area contributed by atoms with Crippen molar-refractivity contribution in [3.05, 3.63) is 112 Å². The first-order chi connectivity index (χ1) is 19.9. The van der Waals surface area contributed by atoms with E-state index in [1.807, 2.05) is 47.8 Å². The van der Waals surface area contributed by atoms with Crippen LogP contribution in [0.15, 0.2) is 81.4 Å². The van der Waals surface area contributed by atoms with Crippen molar-refractivity contribution in [2.45, 2.75) is 19.9 Å². The average Bonchev–Trinajstić information content (AvgIpc) is 3.61. The van der Waals surface area contributed by atoms with Crippen LogP contribution in [0.3, 0.4) is 0 Å². The zero-order valence-corrected chi connectivity index (χ0v) is 24.6. The minimum atomic E-state index is -0.735. The van der Waals surface area contributed by atoms with E-state index in [1.165, 1.54) is 27.2 Å². The lowest BCUT2D eigenvalue weighted by atomic mass is 9.97. The van der Waals surface area contributed by atoms with E-state index in [4.69, 9.17) is 30.8 Å². The molecule has 0 unspecified atom stereocenters. The Balaban J connectivity index is 1.71. The molecule has 5 rings (SSSR count). The zero-order chi connectivity index (χ0) is 28.9. The molecule has 0 bridgehead atoms. The van der Waals surface area contributed by atoms with Crippen molar-refractivity contribution in [1.82, 2.24) is 4.57 Å². The highest BCUT2D eigenvalue weighted by molar-refractivity contribution is 7.10. The van der Waals surface area contributed by atoms with Gasteiger partial charge in [-0.15, -0.1) is 11.3 Å². The second-order valence-corrected chi connectivity index (χ2v) is 11.1. The predicted octanol–water partition coefficient (Wildman–Crippen LogP) is 4.59. The summed E-state index contributed by atoms with van der Waals surface area (Å²) in [7, 11) is 0. The first kappa shape index (κ1) is 28.5. The first-order valence-electron chi connectivity index (χ1n) is 12.8. The number of hydrogen-bond acceptors (Lipinski definition) is 9. The maximum Gasteiger partial charge on any atom is 0.344 e. The van der Waals surface area contributed by atoms with Gasteiger partial charge in [0.15, 0.2) is 11.4 Å². The third-order valence-corrected chi connectivity index (χ3v) is 8.24. The first-order valence-corrected chi connectivity index (χ1v) is 14.9. The molecular weight excluding hydrogens is 584 g/mol. The molecule has 0 saturated heterocycles. The number of carbonyl (C=O) groups is 2. The number of rotatable bonds is 9. The van der Waals surface area contributed by atoms with Gasteiger partial charge in [-0.1, -0.05) is 59.3 Å². The van der Waals surface area contributed by atoms with Crippen molar-refractivity contribution in [2.75, 3.05) is 19.8 Å². The predicted molar refractivity (Wildman–Crippen MR) is 159 cm³/mol. The van der Waals surface area contributed by atoms with Gasteiger partial charge in [0.2, 0.25) is 0 Å². The molecule has 0 radical (unpaired) electrons. The Morgan fingerprint density at radius 3 is 2.54 bits per heavy atom. The molecule has 1 aliphatic heterocycles. The van der Waals surface area contributed by atoms with Gasteiger partial charge in [-0.2, -0.15) is 0 Å². The quantitative estimate of drug-likeness (QED) is 0.258. The molecule has 11 heteroatoms. The van der Waals surface area contributed by atoms with Gasteiger partial charge >= 0.3 is 11.9 Å². The number of thiazole rings is 1. The number of ether oxygens (including phenoxy) is 3. The molecule has 8 nitrogen and oxygen atoms in total. The van der Waals surface area contributed by atoms with E-state index in [-0.39, 0.29) is 25.4 Å². The molecule has 3 heterocycles. The highest BCUT2D eigenvalue weighted by atomic mass is 35.5. The summed E-state index contributed by atoms with van der Waals surface area (Å²) in [6, 6.07) is 17.3. The summed E-state index contributed by atoms with van der Waals surface area (Å²) in [4.78, 5) is 45.4. The van der Waals surface area contributed by atoms with Crippen molar-refractivity contribution in [2.24, 2.45) is 4.99 Å². The zero-order valence-electron chi connectivity index (χ0n) is 22.2. The van der Waals surface area contributed by atoms with Gasteiger partial charge < -0.3 is 14.2 Å². The smallest absolute Gasteiger partial charge is 0.344 e. The minimum Gasteiger partial charge on any atom is -0.481 e. The van der Waals surface area contributed by atoms with Crippen LogP contribution >= 0.6 is 34.3 Å². The number of halogens is 1. The molecule has 0 aliphatic carbocycles. The standard InChI is InChI=1S/C30H25ClN2O6S2/c1-3-37-24(34)17-39-21-13-12-20(31)15-19(21)16-23-28(35)33-27(22-11-8-14-40-22)25(29(36)38-4-2)26(32-30(33)41-23)18-9-6-5-7-10-18/h5-16,27H,3-4,17H2,1-2H3/b23-16-/t27-/m0/s1. The van der Waals surface area contributed by atoms with E-state index >= 15 is 0 Å². The number of esters is 2. The lowest BCUT2D eigenvalue weighted by Gasteiger charge is -2.24. The van der Waals surface area contributed by atoms with E-state index < -0.39 is 18.0 Å². The van der Waals surface area contributed by atoms with Crippen LogP contribution in [0.25, 0.3) is 11.8 Å². The molecule has 4 aromatic rings. The molecule has 2 aromatic carbocycles. The fourth-order valence-electron chi connectivity index (χ4n) is 4.40. The molecule has 0 spiro atoms. The normalized spacial score (nSPS) is 14.8. The lowest BCUT2D eigenvalue weighted by molar-refractivity contribution is -0.145. The number of nitrogens with zero attached hydrogens (tertiary/aromatic N) is 2. The molecular formula is C30H25ClN2O6S2. The third-order valence-electron chi connectivity index (χ3n) is 6.10. The number of thiophene rings is 1. The summed E-state index contributed by atoms with van der Waals surface area (Å²) in [5.74, 6) is -0.684. The highest BCUT2D eigenvalue weighted by Gasteiger charge is 2.35. The van der Waals surface area contributed by atoms with Gasteiger partial charge in [0, 0.05) is 21.0 Å². The third kappa shape index (κ3) is 6.04. The summed E-state index contributed by atoms with van der Waals surface area (Å²) < 4.78 is 18.0. The van der Waals surface area contributed by atoms with Crippen LogP contribution in [-0.4, -0.2) is 36.3 Å². The van der Waals surface area contributed by atoms with Gasteiger partial charge in [0.1, 0.15) is 11.8 Å². The Hall–Kier alpha value is -3.99. The van der Waals surface area contributed by atoms with E-state index in [0.717, 1.165) is 10.4 Å². The van der Waals surface area contributed by atoms with Crippen LogP contribution in [-0.2, 0) is 19.1 Å². The van der Waals surface area contributed by atoms with Gasteiger partial charge in [-0.25, -0.2) is 14.6 Å². The fraction of sp³-hybridized carbons (Fsp3) is 0.200. The van der Waals surface area contributed by atoms with Crippen LogP contribution in [0.5, 0.6) is 5.75 Å². The SMILES string of the molecule is CCOC(=O)COc1ccc(Cl)cc1/C=c1\sc2n(c1=O)[C@@H](c1cccs1)C(C(=O)OCC)=C(c1ccccc1)N=2. The molecule has 1 aliphatic rings. The van der Waals surface area contributed by atoms with Crippen molar-refractivity contribution in [3.63, 3.8) is 0 Å². The second kappa shape index (κ2) is 12.7. The maximum absolute atomic E-state index is 14.0. The summed E-state index contributed by atoms with van der Waals surface area (Å²) in [6.07, 6.45) is 1.65. The van der Waals surface area contributed by atoms with Crippen molar-refractivity contribution >= 4 is 58.0 Å². The van der Waals surface area contributed by atoms with E-state index in [9.17, 15) is 14.4 Å². The van der Waals surface area contributed by atoms with Crippen LogP contribution in [0, 0.1) is 0 Å². The number of fused-ring (bicyclic) bond motifs is 1. The van der Waals surface area contributed by atoms with E-state index in [0.29, 0.717) is 36.9 Å². The van der Waals surface area contributed by atoms with E-state index in [2.05, 4.69) is 0 Å². The van der Waals surface area contributed by atoms with Crippen LogP contribution in [0.4, 0.5) is 0 Å². The lowest BCUT2D eigenvalue weighted by Crippen LogP contribution is -2.39. The number of aromatic nitrogens is 1. The summed E-state index contributed by atoms with van der Waals surface area (Å²) in [6.45, 7) is 3.57. The Kier molecular flexibility index (Phi) is 8.82. The van der Waals surface area contributed by atoms with Crippen LogP contribution in [0.2, 0.25) is 5.02 Å². The molecule has 0 saturated carbocycles. The topological polar surface area (TPSA) is 96.2 Å². The average molecular weight is 609 g/mol. The largest absolute Gasteiger partial charge is 0.481 e. The summed E-state index contributed by atoms with van der Waals surface area (Å²) in [5.41, 5.74) is 1.65. The molecule has 1 atom stereocenters. The van der Waals surface area contributed by atoms with Gasteiger partial charge in [0.25, 0.3) is 5.56 Å². The number of benzene rings is 2. The molecule has 2 aromatic heterocycles. The number of hydrogen-bond donors (Lipinski definition) is 0.